The van der Waals surface area contributed by atoms with E-state index in [1.54, 1.807) is 31.4 Å². The van der Waals surface area contributed by atoms with E-state index >= 15 is 0 Å². The fourth-order valence-electron chi connectivity index (χ4n) is 1.36. The zero-order valence-corrected chi connectivity index (χ0v) is 11.3. The highest BCUT2D eigenvalue weighted by Crippen LogP contribution is 2.11. The van der Waals surface area contributed by atoms with E-state index < -0.39 is 24.2 Å². The predicted molar refractivity (Wildman–Crippen MR) is 69.6 cm³/mol. The number of amides is 2. The van der Waals surface area contributed by atoms with Gasteiger partial charge in [0.1, 0.15) is 12.2 Å². The molecule has 0 aliphatic rings. The van der Waals surface area contributed by atoms with Crippen molar-refractivity contribution in [3.8, 4) is 5.75 Å². The number of benzene rings is 1. The molecular weight excluding hydrogens is 264 g/mol. The molecule has 1 rings (SSSR count). The molecule has 0 fully saturated rings. The summed E-state index contributed by atoms with van der Waals surface area (Å²) in [6.45, 7) is 0. The number of methoxy groups -OCH3 is 2. The van der Waals surface area contributed by atoms with E-state index in [1.807, 2.05) is 0 Å². The molecule has 0 aliphatic carbocycles. The van der Waals surface area contributed by atoms with E-state index in [9.17, 15) is 14.4 Å². The van der Waals surface area contributed by atoms with Crippen molar-refractivity contribution in [2.75, 3.05) is 14.2 Å². The first kappa shape index (κ1) is 15.5. The van der Waals surface area contributed by atoms with Crippen LogP contribution in [0.5, 0.6) is 5.75 Å². The van der Waals surface area contributed by atoms with E-state index in [4.69, 9.17) is 4.74 Å². The molecule has 0 saturated heterocycles. The van der Waals surface area contributed by atoms with Crippen LogP contribution in [0.25, 0.3) is 0 Å². The molecule has 0 saturated carbocycles. The number of hydrogen-bond acceptors (Lipinski definition) is 5. The summed E-state index contributed by atoms with van der Waals surface area (Å²) in [6.07, 6.45) is -0.345. The van der Waals surface area contributed by atoms with Gasteiger partial charge in [-0.15, -0.1) is 0 Å². The quantitative estimate of drug-likeness (QED) is 0.448. The minimum absolute atomic E-state index is 0.0997. The van der Waals surface area contributed by atoms with Gasteiger partial charge in [0.2, 0.25) is 11.8 Å². The maximum absolute atomic E-state index is 11.6. The highest BCUT2D eigenvalue weighted by atomic mass is 16.5. The average molecular weight is 280 g/mol. The largest absolute Gasteiger partial charge is 0.497 e. The lowest BCUT2D eigenvalue weighted by Gasteiger charge is -2.07. The first-order valence-corrected chi connectivity index (χ1v) is 5.82. The van der Waals surface area contributed by atoms with Gasteiger partial charge in [0.15, 0.2) is 0 Å². The van der Waals surface area contributed by atoms with Gasteiger partial charge in [-0.05, 0) is 17.7 Å². The van der Waals surface area contributed by atoms with Crippen LogP contribution in [0.2, 0.25) is 0 Å². The lowest BCUT2D eigenvalue weighted by Crippen LogP contribution is -2.43. The summed E-state index contributed by atoms with van der Waals surface area (Å²) in [7, 11) is 2.73. The molecule has 2 N–H and O–H groups in total. The normalized spacial score (nSPS) is 9.50. The number of ether oxygens (including phenoxy) is 2. The smallest absolute Gasteiger partial charge is 0.315 e. The number of nitrogens with one attached hydrogen (secondary N) is 2. The molecule has 1 aromatic rings. The van der Waals surface area contributed by atoms with Crippen LogP contribution in [0, 0.1) is 0 Å². The number of carbonyl (C=O) groups excluding carboxylic acids is 3. The van der Waals surface area contributed by atoms with Crippen molar-refractivity contribution in [3.63, 3.8) is 0 Å². The van der Waals surface area contributed by atoms with Gasteiger partial charge in [-0.25, -0.2) is 0 Å². The minimum atomic E-state index is -0.674. The van der Waals surface area contributed by atoms with Crippen LogP contribution < -0.4 is 15.6 Å². The Hall–Kier alpha value is -2.57. The van der Waals surface area contributed by atoms with Crippen LogP contribution in [0.15, 0.2) is 24.3 Å². The van der Waals surface area contributed by atoms with Gasteiger partial charge in [-0.2, -0.15) is 0 Å². The topological polar surface area (TPSA) is 93.7 Å². The number of carbonyl (C=O) groups is 3. The van der Waals surface area contributed by atoms with Crippen LogP contribution in [-0.2, 0) is 25.5 Å². The number of esters is 1. The summed E-state index contributed by atoms with van der Waals surface area (Å²) in [5, 5.41) is 0. The van der Waals surface area contributed by atoms with Crippen LogP contribution in [-0.4, -0.2) is 32.0 Å². The lowest BCUT2D eigenvalue weighted by atomic mass is 10.1. The van der Waals surface area contributed by atoms with Crippen molar-refractivity contribution in [2.45, 2.75) is 12.8 Å². The monoisotopic (exact) mass is 280 g/mol. The molecule has 20 heavy (non-hydrogen) atoms. The Balaban J connectivity index is 2.36. The second kappa shape index (κ2) is 7.78. The molecular formula is C13H16N2O5. The molecule has 0 spiro atoms. The van der Waals surface area contributed by atoms with Crippen molar-refractivity contribution >= 4 is 17.8 Å². The third-order valence-corrected chi connectivity index (χ3v) is 2.40. The van der Waals surface area contributed by atoms with E-state index in [1.165, 1.54) is 7.11 Å². The van der Waals surface area contributed by atoms with Gasteiger partial charge in [-0.3, -0.25) is 25.2 Å². The van der Waals surface area contributed by atoms with Crippen LogP contribution in [0.1, 0.15) is 12.0 Å². The molecule has 0 unspecified atom stereocenters. The Morgan fingerprint density at radius 3 is 2.15 bits per heavy atom. The van der Waals surface area contributed by atoms with Crippen molar-refractivity contribution in [2.24, 2.45) is 0 Å². The number of rotatable bonds is 5. The zero-order chi connectivity index (χ0) is 15.0. The van der Waals surface area contributed by atoms with Gasteiger partial charge >= 0.3 is 5.97 Å². The summed E-state index contributed by atoms with van der Waals surface area (Å²) in [5.41, 5.74) is 5.11. The molecule has 0 aromatic heterocycles. The van der Waals surface area contributed by atoms with Crippen molar-refractivity contribution in [3.05, 3.63) is 29.8 Å². The van der Waals surface area contributed by atoms with Crippen molar-refractivity contribution in [1.29, 1.82) is 0 Å². The summed E-state index contributed by atoms with van der Waals surface area (Å²) < 4.78 is 9.32. The average Bonchev–Trinajstić information content (AvgIpc) is 2.45. The fraction of sp³-hybridized carbons (Fsp3) is 0.308. The van der Waals surface area contributed by atoms with Gasteiger partial charge in [0, 0.05) is 0 Å². The molecule has 0 heterocycles. The van der Waals surface area contributed by atoms with E-state index in [0.717, 1.165) is 5.56 Å². The Bertz CT molecular complexity index is 484. The number of hydrogen-bond donors (Lipinski definition) is 2. The highest BCUT2D eigenvalue weighted by molar-refractivity contribution is 5.95. The lowest BCUT2D eigenvalue weighted by molar-refractivity contribution is -0.144. The van der Waals surface area contributed by atoms with Crippen LogP contribution in [0.4, 0.5) is 0 Å². The Morgan fingerprint density at radius 2 is 1.60 bits per heavy atom. The van der Waals surface area contributed by atoms with Gasteiger partial charge in [-0.1, -0.05) is 12.1 Å². The summed E-state index contributed by atoms with van der Waals surface area (Å²) in [6, 6.07) is 6.96. The van der Waals surface area contributed by atoms with E-state index in [-0.39, 0.29) is 6.42 Å². The predicted octanol–water partition coefficient (Wildman–Crippen LogP) is -0.0518. The molecule has 108 valence electrons. The molecule has 2 amide bonds. The Labute approximate surface area is 116 Å². The van der Waals surface area contributed by atoms with Gasteiger partial charge in [0.05, 0.1) is 20.6 Å². The number of hydrazine groups is 1. The SMILES string of the molecule is COC(=O)CC(=O)NNC(=O)Cc1ccc(OC)cc1. The molecule has 0 aliphatic heterocycles. The maximum Gasteiger partial charge on any atom is 0.315 e. The second-order valence-electron chi connectivity index (χ2n) is 3.87. The Morgan fingerprint density at radius 1 is 1.00 bits per heavy atom. The summed E-state index contributed by atoms with van der Waals surface area (Å²) >= 11 is 0. The minimum Gasteiger partial charge on any atom is -0.497 e. The van der Waals surface area contributed by atoms with Crippen molar-refractivity contribution < 1.29 is 23.9 Å². The third-order valence-electron chi connectivity index (χ3n) is 2.40. The Kier molecular flexibility index (Phi) is 6.02. The molecule has 1 aromatic carbocycles. The molecule has 7 nitrogen and oxygen atoms in total. The fourth-order valence-corrected chi connectivity index (χ4v) is 1.36. The van der Waals surface area contributed by atoms with E-state index in [2.05, 4.69) is 15.6 Å². The molecule has 0 radical (unpaired) electrons. The first-order chi connectivity index (χ1) is 9.55. The summed E-state index contributed by atoms with van der Waals surface area (Å²) in [4.78, 5) is 33.6. The van der Waals surface area contributed by atoms with Crippen molar-refractivity contribution in [1.82, 2.24) is 10.9 Å². The maximum atomic E-state index is 11.6. The molecule has 0 bridgehead atoms. The standard InChI is InChI=1S/C13H16N2O5/c1-19-10-5-3-9(4-6-10)7-11(16)14-15-12(17)8-13(18)20-2/h3-6H,7-8H2,1-2H3,(H,14,16)(H,15,17). The van der Waals surface area contributed by atoms with Crippen LogP contribution in [0.3, 0.4) is 0 Å². The van der Waals surface area contributed by atoms with Crippen LogP contribution >= 0.6 is 0 Å². The first-order valence-electron chi connectivity index (χ1n) is 5.82. The van der Waals surface area contributed by atoms with Gasteiger partial charge in [0.25, 0.3) is 0 Å². The third kappa shape index (κ3) is 5.38. The summed E-state index contributed by atoms with van der Waals surface area (Å²) in [5.74, 6) is -1.01. The molecule has 0 atom stereocenters. The zero-order valence-electron chi connectivity index (χ0n) is 11.3. The second-order valence-corrected chi connectivity index (χ2v) is 3.87. The van der Waals surface area contributed by atoms with E-state index in [0.29, 0.717) is 5.75 Å². The molecule has 7 heteroatoms. The highest BCUT2D eigenvalue weighted by Gasteiger charge is 2.10. The van der Waals surface area contributed by atoms with Gasteiger partial charge < -0.3 is 9.47 Å².